The molecule has 1 aliphatic heterocycles. The number of carbonyl (C=O) groups is 3. The molecule has 0 aromatic heterocycles. The van der Waals surface area contributed by atoms with Crippen molar-refractivity contribution in [1.29, 1.82) is 0 Å². The Hall–Kier alpha value is -1.67. The number of carbonyl (C=O) groups excluding carboxylic acids is 1. The number of ether oxygens (including phenoxy) is 1. The summed E-state index contributed by atoms with van der Waals surface area (Å²) in [5.74, 6) is -2.79. The number of aliphatic carboxylic acids is 2. The van der Waals surface area contributed by atoms with Crippen molar-refractivity contribution in [2.75, 3.05) is 13.2 Å². The van der Waals surface area contributed by atoms with Crippen LogP contribution in [0, 0.1) is 0 Å². The van der Waals surface area contributed by atoms with Gasteiger partial charge in [-0.05, 0) is 19.3 Å². The zero-order chi connectivity index (χ0) is 14.5. The average molecular weight is 274 g/mol. The molecular weight excluding hydrogens is 256 g/mol. The lowest BCUT2D eigenvalue weighted by Crippen LogP contribution is -2.58. The molecule has 1 fully saturated rings. The van der Waals surface area contributed by atoms with Crippen molar-refractivity contribution in [2.45, 2.75) is 37.3 Å². The second kappa shape index (κ2) is 6.48. The molecule has 0 saturated carbocycles. The number of nitrogens with one attached hydrogen (secondary N) is 1. The largest absolute Gasteiger partial charge is 0.481 e. The van der Waals surface area contributed by atoms with E-state index in [1.165, 1.54) is 0 Å². The van der Waals surface area contributed by atoms with Crippen LogP contribution >= 0.6 is 0 Å². The highest BCUT2D eigenvalue weighted by Gasteiger charge is 2.39. The van der Waals surface area contributed by atoms with Crippen LogP contribution in [0.1, 0.15) is 25.7 Å². The lowest BCUT2D eigenvalue weighted by Gasteiger charge is -2.23. The van der Waals surface area contributed by atoms with Crippen molar-refractivity contribution in [3.05, 3.63) is 0 Å². The fourth-order valence-corrected chi connectivity index (χ4v) is 1.78. The first-order valence-corrected chi connectivity index (χ1v) is 5.97. The molecule has 1 saturated heterocycles. The second-order valence-electron chi connectivity index (χ2n) is 4.61. The zero-order valence-electron chi connectivity index (χ0n) is 10.4. The third kappa shape index (κ3) is 4.49. The number of carboxylic acid groups (broad SMARTS) is 2. The molecule has 8 heteroatoms. The minimum atomic E-state index is -1.21. The molecule has 108 valence electrons. The fraction of sp³-hybridized carbons (Fsp3) is 0.727. The summed E-state index contributed by atoms with van der Waals surface area (Å²) in [6.45, 7) is 0.418. The van der Waals surface area contributed by atoms with Gasteiger partial charge in [-0.1, -0.05) is 0 Å². The van der Waals surface area contributed by atoms with Gasteiger partial charge in [0, 0.05) is 13.0 Å². The summed E-state index contributed by atoms with van der Waals surface area (Å²) in [7, 11) is 0. The molecule has 1 aliphatic rings. The monoisotopic (exact) mass is 274 g/mol. The standard InChI is InChI=1S/C11H18N2O6/c12-11(4-5-19-6-11)10(18)13-7(9(16)17)2-1-3-8(14)15/h7H,1-6,12H2,(H,13,18)(H,14,15)(H,16,17)/t7-,11?/m1/s1. The first-order valence-electron chi connectivity index (χ1n) is 5.97. The molecule has 19 heavy (non-hydrogen) atoms. The van der Waals surface area contributed by atoms with Gasteiger partial charge in [0.2, 0.25) is 5.91 Å². The van der Waals surface area contributed by atoms with Crippen molar-refractivity contribution in [3.8, 4) is 0 Å². The highest BCUT2D eigenvalue weighted by Crippen LogP contribution is 2.16. The molecule has 5 N–H and O–H groups in total. The van der Waals surface area contributed by atoms with Crippen LogP contribution in [0.4, 0.5) is 0 Å². The highest BCUT2D eigenvalue weighted by atomic mass is 16.5. The van der Waals surface area contributed by atoms with Crippen LogP contribution < -0.4 is 11.1 Å². The Balaban J connectivity index is 2.51. The number of carboxylic acids is 2. The van der Waals surface area contributed by atoms with Crippen LogP contribution in [0.5, 0.6) is 0 Å². The Bertz CT molecular complexity index is 364. The first kappa shape index (κ1) is 15.4. The maximum Gasteiger partial charge on any atom is 0.326 e. The predicted molar refractivity (Wildman–Crippen MR) is 63.4 cm³/mol. The number of rotatable bonds is 7. The lowest BCUT2D eigenvalue weighted by atomic mass is 9.98. The summed E-state index contributed by atoms with van der Waals surface area (Å²) in [5, 5.41) is 19.8. The summed E-state index contributed by atoms with van der Waals surface area (Å²) in [5.41, 5.74) is 4.61. The van der Waals surface area contributed by atoms with Gasteiger partial charge in [0.25, 0.3) is 0 Å². The van der Waals surface area contributed by atoms with E-state index < -0.39 is 29.4 Å². The summed E-state index contributed by atoms with van der Waals surface area (Å²) in [6, 6.07) is -1.13. The van der Waals surface area contributed by atoms with Crippen molar-refractivity contribution < 1.29 is 29.3 Å². The normalized spacial score (nSPS) is 23.8. The van der Waals surface area contributed by atoms with Gasteiger partial charge in [0.15, 0.2) is 0 Å². The number of amides is 1. The third-order valence-electron chi connectivity index (χ3n) is 2.99. The summed E-state index contributed by atoms with van der Waals surface area (Å²) >= 11 is 0. The maximum atomic E-state index is 11.9. The molecule has 0 spiro atoms. The minimum Gasteiger partial charge on any atom is -0.481 e. The van der Waals surface area contributed by atoms with E-state index in [2.05, 4.69) is 5.32 Å². The summed E-state index contributed by atoms with van der Waals surface area (Å²) < 4.78 is 5.02. The van der Waals surface area contributed by atoms with E-state index in [1.807, 2.05) is 0 Å². The SMILES string of the molecule is NC1(C(=O)N[C@H](CCCC(=O)O)C(=O)O)CCOC1. The Morgan fingerprint density at radius 3 is 2.53 bits per heavy atom. The molecule has 1 rings (SSSR count). The molecule has 0 aromatic carbocycles. The molecule has 2 atom stereocenters. The highest BCUT2D eigenvalue weighted by molar-refractivity contribution is 5.90. The van der Waals surface area contributed by atoms with E-state index in [-0.39, 0.29) is 25.9 Å². The van der Waals surface area contributed by atoms with Gasteiger partial charge in [0.1, 0.15) is 11.6 Å². The number of hydrogen-bond acceptors (Lipinski definition) is 5. The van der Waals surface area contributed by atoms with Gasteiger partial charge in [-0.2, -0.15) is 0 Å². The van der Waals surface area contributed by atoms with E-state index >= 15 is 0 Å². The average Bonchev–Trinajstić information content (AvgIpc) is 2.75. The van der Waals surface area contributed by atoms with E-state index in [9.17, 15) is 14.4 Å². The summed E-state index contributed by atoms with van der Waals surface area (Å²) in [4.78, 5) is 33.2. The van der Waals surface area contributed by atoms with Crippen LogP contribution in [0.3, 0.4) is 0 Å². The van der Waals surface area contributed by atoms with Crippen molar-refractivity contribution >= 4 is 17.8 Å². The molecular formula is C11H18N2O6. The quantitative estimate of drug-likeness (QED) is 0.463. The van der Waals surface area contributed by atoms with E-state index in [4.69, 9.17) is 20.7 Å². The van der Waals surface area contributed by atoms with Gasteiger partial charge >= 0.3 is 11.9 Å². The smallest absolute Gasteiger partial charge is 0.326 e. The molecule has 0 aromatic rings. The molecule has 1 unspecified atom stereocenters. The van der Waals surface area contributed by atoms with Gasteiger partial charge in [0.05, 0.1) is 6.61 Å². The Morgan fingerprint density at radius 1 is 1.37 bits per heavy atom. The molecule has 0 bridgehead atoms. The van der Waals surface area contributed by atoms with Gasteiger partial charge in [-0.25, -0.2) is 4.79 Å². The van der Waals surface area contributed by atoms with E-state index in [1.54, 1.807) is 0 Å². The van der Waals surface area contributed by atoms with Crippen LogP contribution in [-0.4, -0.2) is 52.9 Å². The molecule has 1 heterocycles. The van der Waals surface area contributed by atoms with Gasteiger partial charge < -0.3 is 26.0 Å². The predicted octanol–water partition coefficient (Wildman–Crippen LogP) is -1.07. The Morgan fingerprint density at radius 2 is 2.05 bits per heavy atom. The van der Waals surface area contributed by atoms with Crippen molar-refractivity contribution in [1.82, 2.24) is 5.32 Å². The topological polar surface area (TPSA) is 139 Å². The maximum absolute atomic E-state index is 11.9. The number of hydrogen-bond donors (Lipinski definition) is 4. The fourth-order valence-electron chi connectivity index (χ4n) is 1.78. The Kier molecular flexibility index (Phi) is 5.25. The van der Waals surface area contributed by atoms with E-state index in [0.717, 1.165) is 0 Å². The van der Waals surface area contributed by atoms with Crippen molar-refractivity contribution in [2.24, 2.45) is 5.73 Å². The van der Waals surface area contributed by atoms with Gasteiger partial charge in [-0.3, -0.25) is 9.59 Å². The molecule has 0 aliphatic carbocycles. The molecule has 0 radical (unpaired) electrons. The van der Waals surface area contributed by atoms with Crippen LogP contribution in [0.2, 0.25) is 0 Å². The second-order valence-corrected chi connectivity index (χ2v) is 4.61. The Labute approximate surface area is 109 Å². The minimum absolute atomic E-state index is 0.0459. The zero-order valence-corrected chi connectivity index (χ0v) is 10.4. The van der Waals surface area contributed by atoms with Crippen LogP contribution in [0.15, 0.2) is 0 Å². The van der Waals surface area contributed by atoms with Crippen LogP contribution in [0.25, 0.3) is 0 Å². The molecule has 1 amide bonds. The first-order chi connectivity index (χ1) is 8.85. The third-order valence-corrected chi connectivity index (χ3v) is 2.99. The van der Waals surface area contributed by atoms with E-state index in [0.29, 0.717) is 13.0 Å². The summed E-state index contributed by atoms with van der Waals surface area (Å²) in [6.07, 6.45) is 0.405. The molecule has 8 nitrogen and oxygen atoms in total. The lowest BCUT2D eigenvalue weighted by molar-refractivity contribution is -0.143. The number of nitrogens with two attached hydrogens (primary N) is 1. The van der Waals surface area contributed by atoms with Gasteiger partial charge in [-0.15, -0.1) is 0 Å². The van der Waals surface area contributed by atoms with Crippen molar-refractivity contribution in [3.63, 3.8) is 0 Å². The van der Waals surface area contributed by atoms with Crippen LogP contribution in [-0.2, 0) is 19.1 Å².